The molecule has 3 aromatic rings. The molecule has 0 aliphatic heterocycles. The molecule has 2 aromatic heterocycles. The number of primary amides is 1. The average Bonchev–Trinajstić information content (AvgIpc) is 2.95. The van der Waals surface area contributed by atoms with E-state index in [0.29, 0.717) is 5.82 Å². The number of carboxylic acids is 1. The molecule has 3 rings (SSSR count). The Labute approximate surface area is 153 Å². The molecule has 1 aromatic carbocycles. The van der Waals surface area contributed by atoms with Crippen LogP contribution < -0.4 is 11.1 Å². The number of benzene rings is 1. The minimum absolute atomic E-state index is 0.0214. The van der Waals surface area contributed by atoms with Gasteiger partial charge in [0, 0.05) is 16.9 Å². The summed E-state index contributed by atoms with van der Waals surface area (Å²) in [6.45, 7) is 2.00. The third kappa shape index (κ3) is 3.65. The molecule has 26 heavy (non-hydrogen) atoms. The number of anilines is 1. The third-order valence-electron chi connectivity index (χ3n) is 4.02. The molecular formula is C18H18N4O3S. The zero-order valence-electron chi connectivity index (χ0n) is 14.1. The highest BCUT2D eigenvalue weighted by Crippen LogP contribution is 2.40. The molecule has 8 heteroatoms. The van der Waals surface area contributed by atoms with Crippen molar-refractivity contribution in [3.8, 4) is 11.1 Å². The summed E-state index contributed by atoms with van der Waals surface area (Å²) in [5, 5.41) is 13.2. The summed E-state index contributed by atoms with van der Waals surface area (Å²) in [6.07, 6.45) is 1.47. The third-order valence-corrected chi connectivity index (χ3v) is 5.03. The van der Waals surface area contributed by atoms with Crippen LogP contribution in [-0.4, -0.2) is 33.0 Å². The van der Waals surface area contributed by atoms with Gasteiger partial charge in [-0.05, 0) is 18.9 Å². The van der Waals surface area contributed by atoms with E-state index in [2.05, 4.69) is 15.3 Å². The first-order valence-electron chi connectivity index (χ1n) is 8.04. The Balaban J connectivity index is 2.06. The fourth-order valence-corrected chi connectivity index (χ4v) is 3.83. The summed E-state index contributed by atoms with van der Waals surface area (Å²) in [6, 6.07) is 8.85. The molecule has 2 heterocycles. The lowest BCUT2D eigenvalue weighted by Crippen LogP contribution is -2.31. The maximum absolute atomic E-state index is 11.6. The molecule has 0 saturated heterocycles. The van der Waals surface area contributed by atoms with Crippen LogP contribution >= 0.6 is 11.3 Å². The Morgan fingerprint density at radius 1 is 1.27 bits per heavy atom. The molecule has 0 fully saturated rings. The first-order valence-corrected chi connectivity index (χ1v) is 8.86. The Morgan fingerprint density at radius 3 is 2.65 bits per heavy atom. The normalized spacial score (nSPS) is 12.0. The van der Waals surface area contributed by atoms with Gasteiger partial charge in [-0.15, -0.1) is 11.3 Å². The van der Waals surface area contributed by atoms with Gasteiger partial charge in [-0.2, -0.15) is 0 Å². The van der Waals surface area contributed by atoms with Gasteiger partial charge in [0.25, 0.3) is 0 Å². The van der Waals surface area contributed by atoms with Crippen LogP contribution in [0, 0.1) is 6.92 Å². The molecule has 0 radical (unpaired) electrons. The molecule has 0 aliphatic rings. The van der Waals surface area contributed by atoms with E-state index >= 15 is 0 Å². The Kier molecular flexibility index (Phi) is 5.13. The van der Waals surface area contributed by atoms with E-state index in [-0.39, 0.29) is 12.8 Å². The second-order valence-corrected chi connectivity index (χ2v) is 7.05. The Bertz CT molecular complexity index is 956. The molecule has 4 N–H and O–H groups in total. The van der Waals surface area contributed by atoms with E-state index in [0.717, 1.165) is 26.2 Å². The zero-order chi connectivity index (χ0) is 18.7. The maximum atomic E-state index is 11.6. The number of rotatable bonds is 7. The van der Waals surface area contributed by atoms with Crippen molar-refractivity contribution in [2.24, 2.45) is 5.73 Å². The lowest BCUT2D eigenvalue weighted by atomic mass is 10.0. The predicted octanol–water partition coefficient (Wildman–Crippen LogP) is 2.80. The van der Waals surface area contributed by atoms with E-state index in [1.807, 2.05) is 37.3 Å². The highest BCUT2D eigenvalue weighted by Gasteiger charge is 2.22. The van der Waals surface area contributed by atoms with Crippen molar-refractivity contribution in [3.05, 3.63) is 41.5 Å². The molecule has 7 nitrogen and oxygen atoms in total. The number of nitrogens with zero attached hydrogens (tertiary/aromatic N) is 2. The standard InChI is InChI=1S/C18H18N4O3S/c1-10-14(11-5-3-2-4-6-11)15-16(20-9-21-17(15)26-10)22-12(18(24)25)7-8-13(19)23/h2-6,9,12H,7-8H2,1H3,(H2,19,23)(H,24,25)(H,20,21,22). The predicted molar refractivity (Wildman–Crippen MR) is 101 cm³/mol. The van der Waals surface area contributed by atoms with Gasteiger partial charge in [0.15, 0.2) is 0 Å². The lowest BCUT2D eigenvalue weighted by molar-refractivity contribution is -0.138. The quantitative estimate of drug-likeness (QED) is 0.588. The number of hydrogen-bond acceptors (Lipinski definition) is 6. The highest BCUT2D eigenvalue weighted by atomic mass is 32.1. The second-order valence-electron chi connectivity index (χ2n) is 5.84. The monoisotopic (exact) mass is 370 g/mol. The maximum Gasteiger partial charge on any atom is 0.326 e. The fourth-order valence-electron chi connectivity index (χ4n) is 2.82. The van der Waals surface area contributed by atoms with Crippen molar-refractivity contribution in [1.29, 1.82) is 0 Å². The van der Waals surface area contributed by atoms with Crippen LogP contribution in [0.1, 0.15) is 17.7 Å². The van der Waals surface area contributed by atoms with Crippen molar-refractivity contribution >= 4 is 39.2 Å². The molecule has 134 valence electrons. The average molecular weight is 370 g/mol. The number of carbonyl (C=O) groups is 2. The Hall–Kier alpha value is -3.00. The van der Waals surface area contributed by atoms with Gasteiger partial charge in [0.05, 0.1) is 5.39 Å². The number of thiophene rings is 1. The van der Waals surface area contributed by atoms with Gasteiger partial charge in [0.1, 0.15) is 23.0 Å². The first-order chi connectivity index (χ1) is 12.5. The first kappa shape index (κ1) is 17.8. The zero-order valence-corrected chi connectivity index (χ0v) is 14.9. The van der Waals surface area contributed by atoms with E-state index in [1.54, 1.807) is 0 Å². The number of aromatic nitrogens is 2. The number of aliphatic carboxylic acids is 1. The van der Waals surface area contributed by atoms with Crippen LogP contribution in [0.15, 0.2) is 36.7 Å². The summed E-state index contributed by atoms with van der Waals surface area (Å²) < 4.78 is 0. The minimum Gasteiger partial charge on any atom is -0.480 e. The molecule has 1 amide bonds. The topological polar surface area (TPSA) is 118 Å². The van der Waals surface area contributed by atoms with Crippen LogP contribution in [0.4, 0.5) is 5.82 Å². The van der Waals surface area contributed by atoms with Crippen molar-refractivity contribution in [2.45, 2.75) is 25.8 Å². The summed E-state index contributed by atoms with van der Waals surface area (Å²) in [4.78, 5) is 33.0. The lowest BCUT2D eigenvalue weighted by Gasteiger charge is -2.15. The number of amides is 1. The molecule has 0 aliphatic carbocycles. The van der Waals surface area contributed by atoms with Gasteiger partial charge >= 0.3 is 5.97 Å². The van der Waals surface area contributed by atoms with Crippen molar-refractivity contribution < 1.29 is 14.7 Å². The molecule has 0 saturated carbocycles. The SMILES string of the molecule is Cc1sc2ncnc(NC(CCC(N)=O)C(=O)O)c2c1-c1ccccc1. The smallest absolute Gasteiger partial charge is 0.326 e. The number of nitrogens with one attached hydrogen (secondary N) is 1. The van der Waals surface area contributed by atoms with E-state index < -0.39 is 17.9 Å². The summed E-state index contributed by atoms with van der Waals surface area (Å²) in [5.74, 6) is -1.16. The summed E-state index contributed by atoms with van der Waals surface area (Å²) >= 11 is 1.53. The van der Waals surface area contributed by atoms with Gasteiger partial charge in [-0.1, -0.05) is 30.3 Å². The van der Waals surface area contributed by atoms with Gasteiger partial charge in [-0.25, -0.2) is 14.8 Å². The van der Waals surface area contributed by atoms with Crippen molar-refractivity contribution in [2.75, 3.05) is 5.32 Å². The molecule has 1 atom stereocenters. The molecule has 1 unspecified atom stereocenters. The van der Waals surface area contributed by atoms with Crippen LogP contribution in [-0.2, 0) is 9.59 Å². The molecule has 0 bridgehead atoms. The number of carboxylic acid groups (broad SMARTS) is 1. The van der Waals surface area contributed by atoms with Crippen LogP contribution in [0.3, 0.4) is 0 Å². The van der Waals surface area contributed by atoms with Crippen molar-refractivity contribution in [3.63, 3.8) is 0 Å². The minimum atomic E-state index is -1.06. The summed E-state index contributed by atoms with van der Waals surface area (Å²) in [7, 11) is 0. The fraction of sp³-hybridized carbons (Fsp3) is 0.222. The van der Waals surface area contributed by atoms with Crippen LogP contribution in [0.5, 0.6) is 0 Å². The number of carbonyl (C=O) groups excluding carboxylic acids is 1. The molecular weight excluding hydrogens is 352 g/mol. The van der Waals surface area contributed by atoms with Gasteiger partial charge < -0.3 is 16.2 Å². The van der Waals surface area contributed by atoms with Gasteiger partial charge in [0.2, 0.25) is 5.91 Å². The number of hydrogen-bond donors (Lipinski definition) is 3. The van der Waals surface area contributed by atoms with Gasteiger partial charge in [-0.3, -0.25) is 4.79 Å². The van der Waals surface area contributed by atoms with E-state index in [9.17, 15) is 14.7 Å². The van der Waals surface area contributed by atoms with Crippen LogP contribution in [0.25, 0.3) is 21.3 Å². The van der Waals surface area contributed by atoms with Crippen LogP contribution in [0.2, 0.25) is 0 Å². The largest absolute Gasteiger partial charge is 0.480 e. The van der Waals surface area contributed by atoms with Crippen molar-refractivity contribution in [1.82, 2.24) is 9.97 Å². The Morgan fingerprint density at radius 2 is 2.00 bits per heavy atom. The number of nitrogens with two attached hydrogens (primary N) is 1. The number of aryl methyl sites for hydroxylation is 1. The van der Waals surface area contributed by atoms with E-state index in [1.165, 1.54) is 17.7 Å². The summed E-state index contributed by atoms with van der Waals surface area (Å²) in [5.41, 5.74) is 7.14. The highest BCUT2D eigenvalue weighted by molar-refractivity contribution is 7.19. The number of fused-ring (bicyclic) bond motifs is 1. The van der Waals surface area contributed by atoms with E-state index in [4.69, 9.17) is 5.73 Å². The molecule has 0 spiro atoms. The second kappa shape index (κ2) is 7.49.